The maximum absolute atomic E-state index is 12.1. The molecule has 0 spiro atoms. The molecule has 24 heavy (non-hydrogen) atoms. The Balaban J connectivity index is 1.53. The van der Waals surface area contributed by atoms with Crippen molar-refractivity contribution in [2.24, 2.45) is 0 Å². The summed E-state index contributed by atoms with van der Waals surface area (Å²) in [5.74, 6) is 0.815. The van der Waals surface area contributed by atoms with E-state index >= 15 is 0 Å². The molecule has 0 aliphatic carbocycles. The predicted octanol–water partition coefficient (Wildman–Crippen LogP) is 3.04. The summed E-state index contributed by atoms with van der Waals surface area (Å²) in [6.07, 6.45) is 5.15. The number of fused-ring (bicyclic) bond motifs is 1. The molecule has 0 saturated carbocycles. The highest BCUT2D eigenvalue weighted by Gasteiger charge is 2.13. The highest BCUT2D eigenvalue weighted by atomic mass is 35.5. The van der Waals surface area contributed by atoms with Crippen LogP contribution >= 0.6 is 11.6 Å². The van der Waals surface area contributed by atoms with Gasteiger partial charge in [-0.3, -0.25) is 0 Å². The molecule has 2 aromatic heterocycles. The number of benzene rings is 1. The lowest BCUT2D eigenvalue weighted by atomic mass is 10.2. The van der Waals surface area contributed by atoms with E-state index in [-0.39, 0.29) is 5.75 Å². The van der Waals surface area contributed by atoms with Crippen LogP contribution in [0.1, 0.15) is 17.8 Å². The summed E-state index contributed by atoms with van der Waals surface area (Å²) in [5, 5.41) is 0.465. The van der Waals surface area contributed by atoms with Gasteiger partial charge in [-0.2, -0.15) is 0 Å². The first-order chi connectivity index (χ1) is 11.6. The van der Waals surface area contributed by atoms with E-state index in [4.69, 9.17) is 11.6 Å². The Kier molecular flexibility index (Phi) is 5.18. The van der Waals surface area contributed by atoms with Gasteiger partial charge in [-0.25, -0.2) is 18.1 Å². The molecular formula is C17H18ClN3O2S. The van der Waals surface area contributed by atoms with Crippen molar-refractivity contribution in [1.29, 1.82) is 0 Å². The first-order valence-corrected chi connectivity index (χ1v) is 9.70. The van der Waals surface area contributed by atoms with Crippen LogP contribution in [0, 0.1) is 0 Å². The lowest BCUT2D eigenvalue weighted by molar-refractivity contribution is 0.577. The van der Waals surface area contributed by atoms with Crippen molar-refractivity contribution in [2.45, 2.75) is 18.6 Å². The van der Waals surface area contributed by atoms with Crippen molar-refractivity contribution in [2.75, 3.05) is 6.54 Å². The van der Waals surface area contributed by atoms with Gasteiger partial charge in [0, 0.05) is 24.2 Å². The van der Waals surface area contributed by atoms with E-state index < -0.39 is 10.0 Å². The van der Waals surface area contributed by atoms with Gasteiger partial charge in [0.15, 0.2) is 0 Å². The highest BCUT2D eigenvalue weighted by Crippen LogP contribution is 2.17. The van der Waals surface area contributed by atoms with Crippen molar-refractivity contribution in [1.82, 2.24) is 14.1 Å². The zero-order chi connectivity index (χ0) is 17.0. The number of pyridine rings is 1. The molecular weight excluding hydrogens is 346 g/mol. The fourth-order valence-corrected chi connectivity index (χ4v) is 4.03. The molecule has 0 radical (unpaired) electrons. The number of imidazole rings is 1. The highest BCUT2D eigenvalue weighted by molar-refractivity contribution is 7.88. The van der Waals surface area contributed by atoms with Gasteiger partial charge in [0.25, 0.3) is 0 Å². The molecule has 0 atom stereocenters. The van der Waals surface area contributed by atoms with Crippen molar-refractivity contribution in [3.8, 4) is 0 Å². The third-order valence-corrected chi connectivity index (χ3v) is 5.42. The van der Waals surface area contributed by atoms with Crippen molar-refractivity contribution in [3.05, 3.63) is 71.3 Å². The van der Waals surface area contributed by atoms with Crippen LogP contribution in [-0.4, -0.2) is 24.3 Å². The van der Waals surface area contributed by atoms with Crippen LogP contribution in [0.2, 0.25) is 5.02 Å². The van der Waals surface area contributed by atoms with Crippen LogP contribution < -0.4 is 4.72 Å². The molecule has 0 aliphatic heterocycles. The average molecular weight is 364 g/mol. The molecule has 5 nitrogen and oxygen atoms in total. The Morgan fingerprint density at radius 3 is 2.75 bits per heavy atom. The van der Waals surface area contributed by atoms with Crippen molar-refractivity contribution < 1.29 is 8.42 Å². The van der Waals surface area contributed by atoms with Gasteiger partial charge in [0.1, 0.15) is 5.82 Å². The summed E-state index contributed by atoms with van der Waals surface area (Å²) >= 11 is 6.01. The van der Waals surface area contributed by atoms with E-state index in [0.29, 0.717) is 30.0 Å². The largest absolute Gasteiger partial charge is 0.304 e. The van der Waals surface area contributed by atoms with Gasteiger partial charge in [-0.05, 0) is 30.2 Å². The van der Waals surface area contributed by atoms with Gasteiger partial charge >= 0.3 is 0 Å². The molecule has 0 fully saturated rings. The number of aryl methyl sites for hydroxylation is 1. The fourth-order valence-electron chi connectivity index (χ4n) is 2.53. The van der Waals surface area contributed by atoms with Crippen LogP contribution in [0.25, 0.3) is 5.52 Å². The lowest BCUT2D eigenvalue weighted by Crippen LogP contribution is -2.26. The van der Waals surface area contributed by atoms with E-state index in [9.17, 15) is 8.42 Å². The second-order valence-corrected chi connectivity index (χ2v) is 7.73. The number of sulfonamides is 1. The standard InChI is InChI=1S/C17H18ClN3O2S/c18-16-8-2-1-6-14(16)13-24(22,23)20-10-5-9-17-19-12-15-7-3-4-11-21(15)17/h1-4,6-8,11-12,20H,5,9-10,13H2. The lowest BCUT2D eigenvalue weighted by Gasteiger charge is -2.08. The average Bonchev–Trinajstić information content (AvgIpc) is 2.97. The van der Waals surface area contributed by atoms with Crippen LogP contribution in [0.3, 0.4) is 0 Å². The van der Waals surface area contributed by atoms with E-state index in [1.807, 2.05) is 35.0 Å². The van der Waals surface area contributed by atoms with Crippen LogP contribution in [-0.2, 0) is 22.2 Å². The summed E-state index contributed by atoms with van der Waals surface area (Å²) in [6, 6.07) is 12.9. The minimum absolute atomic E-state index is 0.112. The summed E-state index contributed by atoms with van der Waals surface area (Å²) in [7, 11) is -3.40. The number of nitrogens with one attached hydrogen (secondary N) is 1. The SMILES string of the molecule is O=S(=O)(Cc1ccccc1Cl)NCCCc1ncc2ccccn12. The minimum Gasteiger partial charge on any atom is -0.304 e. The number of nitrogens with zero attached hydrogens (tertiary/aromatic N) is 2. The zero-order valence-electron chi connectivity index (χ0n) is 13.0. The molecule has 126 valence electrons. The van der Waals surface area contributed by atoms with Gasteiger partial charge in [0.05, 0.1) is 17.5 Å². The topological polar surface area (TPSA) is 63.5 Å². The third kappa shape index (κ3) is 4.14. The van der Waals surface area contributed by atoms with Crippen LogP contribution in [0.4, 0.5) is 0 Å². The van der Waals surface area contributed by atoms with Gasteiger partial charge in [-0.15, -0.1) is 0 Å². The number of aromatic nitrogens is 2. The Bertz CT molecular complexity index is 938. The predicted molar refractivity (Wildman–Crippen MR) is 95.6 cm³/mol. The van der Waals surface area contributed by atoms with E-state index in [1.165, 1.54) is 0 Å². The molecule has 1 aromatic carbocycles. The Hall–Kier alpha value is -1.89. The quantitative estimate of drug-likeness (QED) is 0.656. The maximum atomic E-state index is 12.1. The number of hydrogen-bond acceptors (Lipinski definition) is 3. The van der Waals surface area contributed by atoms with E-state index in [2.05, 4.69) is 9.71 Å². The first-order valence-electron chi connectivity index (χ1n) is 7.67. The third-order valence-electron chi connectivity index (χ3n) is 3.72. The van der Waals surface area contributed by atoms with E-state index in [0.717, 1.165) is 11.3 Å². The number of rotatable bonds is 7. The molecule has 3 rings (SSSR count). The fraction of sp³-hybridized carbons (Fsp3) is 0.235. The number of hydrogen-bond donors (Lipinski definition) is 1. The van der Waals surface area contributed by atoms with Crippen molar-refractivity contribution >= 4 is 27.1 Å². The molecule has 7 heteroatoms. The van der Waals surface area contributed by atoms with E-state index in [1.54, 1.807) is 24.3 Å². The van der Waals surface area contributed by atoms with Crippen molar-refractivity contribution in [3.63, 3.8) is 0 Å². The van der Waals surface area contributed by atoms with Gasteiger partial charge in [-0.1, -0.05) is 35.9 Å². The van der Waals surface area contributed by atoms with Gasteiger partial charge < -0.3 is 4.40 Å². The Morgan fingerprint density at radius 2 is 1.92 bits per heavy atom. The monoisotopic (exact) mass is 363 g/mol. The molecule has 0 aliphatic rings. The molecule has 3 aromatic rings. The first kappa shape index (κ1) is 17.0. The number of halogens is 1. The van der Waals surface area contributed by atoms with Gasteiger partial charge in [0.2, 0.25) is 10.0 Å². The minimum atomic E-state index is -3.40. The summed E-state index contributed by atoms with van der Waals surface area (Å²) < 4.78 is 28.9. The molecule has 1 N–H and O–H groups in total. The molecule has 2 heterocycles. The molecule has 0 amide bonds. The Morgan fingerprint density at radius 1 is 1.12 bits per heavy atom. The van der Waals surface area contributed by atoms with Crippen LogP contribution in [0.5, 0.6) is 0 Å². The summed E-state index contributed by atoms with van der Waals surface area (Å²) in [5.41, 5.74) is 1.64. The maximum Gasteiger partial charge on any atom is 0.215 e. The second-order valence-electron chi connectivity index (χ2n) is 5.52. The summed E-state index contributed by atoms with van der Waals surface area (Å²) in [4.78, 5) is 4.38. The Labute approximate surface area is 146 Å². The summed E-state index contributed by atoms with van der Waals surface area (Å²) in [6.45, 7) is 0.370. The smallest absolute Gasteiger partial charge is 0.215 e. The zero-order valence-corrected chi connectivity index (χ0v) is 14.6. The second kappa shape index (κ2) is 7.34. The normalized spacial score (nSPS) is 11.9. The molecule has 0 unspecified atom stereocenters. The molecule has 0 bridgehead atoms. The van der Waals surface area contributed by atoms with Crippen LogP contribution in [0.15, 0.2) is 54.9 Å². The molecule has 0 saturated heterocycles.